The lowest BCUT2D eigenvalue weighted by molar-refractivity contribution is 0.0943. The molecule has 1 aromatic rings. The van der Waals surface area contributed by atoms with Crippen molar-refractivity contribution >= 4 is 5.91 Å². The zero-order valence-corrected chi connectivity index (χ0v) is 13.4. The second-order valence-electron chi connectivity index (χ2n) is 6.90. The van der Waals surface area contributed by atoms with E-state index in [0.717, 1.165) is 11.1 Å². The normalized spacial score (nSPS) is 18.6. The molecule has 2 N–H and O–H groups in total. The lowest BCUT2D eigenvalue weighted by Crippen LogP contribution is -2.29. The average molecular weight is 285 g/mol. The monoisotopic (exact) mass is 285 g/mol. The molecule has 21 heavy (non-hydrogen) atoms. The van der Waals surface area contributed by atoms with Crippen LogP contribution < -0.4 is 5.32 Å². The molecule has 0 aromatic heterocycles. The van der Waals surface area contributed by atoms with Crippen molar-refractivity contribution in [2.75, 3.05) is 6.61 Å². The van der Waals surface area contributed by atoms with Crippen molar-refractivity contribution in [3.8, 4) is 11.8 Å². The van der Waals surface area contributed by atoms with Crippen LogP contribution in [0.5, 0.6) is 0 Å². The van der Waals surface area contributed by atoms with Gasteiger partial charge in [-0.3, -0.25) is 4.79 Å². The number of carbonyl (C=O) groups is 1. The molecule has 0 atom stereocenters. The molecule has 1 aromatic carbocycles. The quantitative estimate of drug-likeness (QED) is 0.820. The smallest absolute Gasteiger partial charge is 0.251 e. The van der Waals surface area contributed by atoms with E-state index in [9.17, 15) is 4.79 Å². The minimum Gasteiger partial charge on any atom is -0.384 e. The molecule has 1 fully saturated rings. The van der Waals surface area contributed by atoms with Crippen LogP contribution in [0.15, 0.2) is 18.2 Å². The second-order valence-corrected chi connectivity index (χ2v) is 6.90. The van der Waals surface area contributed by atoms with E-state index < -0.39 is 0 Å². The molecule has 112 valence electrons. The number of benzene rings is 1. The van der Waals surface area contributed by atoms with Crippen molar-refractivity contribution in [3.63, 3.8) is 0 Å². The van der Waals surface area contributed by atoms with Gasteiger partial charge in [0, 0.05) is 17.2 Å². The van der Waals surface area contributed by atoms with Crippen molar-refractivity contribution in [2.45, 2.75) is 40.7 Å². The maximum absolute atomic E-state index is 12.4. The summed E-state index contributed by atoms with van der Waals surface area (Å²) in [7, 11) is 0. The predicted molar refractivity (Wildman–Crippen MR) is 84.0 cm³/mol. The van der Waals surface area contributed by atoms with Gasteiger partial charge in [-0.05, 0) is 41.5 Å². The van der Waals surface area contributed by atoms with Gasteiger partial charge in [0.2, 0.25) is 0 Å². The fourth-order valence-corrected chi connectivity index (χ4v) is 2.90. The largest absolute Gasteiger partial charge is 0.384 e. The summed E-state index contributed by atoms with van der Waals surface area (Å²) in [6, 6.07) is 5.73. The number of aliphatic hydroxyl groups excluding tert-OH is 1. The van der Waals surface area contributed by atoms with Crippen molar-refractivity contribution in [2.24, 2.45) is 10.8 Å². The fourth-order valence-electron chi connectivity index (χ4n) is 2.90. The van der Waals surface area contributed by atoms with Crippen LogP contribution in [0, 0.1) is 29.6 Å². The second kappa shape index (κ2) is 5.20. The molecule has 0 bridgehead atoms. The molecule has 1 aliphatic rings. The molecular weight excluding hydrogens is 262 g/mol. The third kappa shape index (κ3) is 2.82. The molecule has 3 heteroatoms. The summed E-state index contributed by atoms with van der Waals surface area (Å²) in [6.07, 6.45) is 0. The van der Waals surface area contributed by atoms with Crippen LogP contribution in [-0.4, -0.2) is 23.7 Å². The van der Waals surface area contributed by atoms with Gasteiger partial charge >= 0.3 is 0 Å². The molecule has 0 unspecified atom stereocenters. The molecule has 1 amide bonds. The number of hydrogen-bond donors (Lipinski definition) is 2. The van der Waals surface area contributed by atoms with Gasteiger partial charge in [-0.15, -0.1) is 0 Å². The Hall–Kier alpha value is -1.79. The summed E-state index contributed by atoms with van der Waals surface area (Å²) in [6.45, 7) is 10.4. The Labute approximate surface area is 126 Å². The van der Waals surface area contributed by atoms with Crippen LogP contribution in [0.4, 0.5) is 0 Å². The minimum atomic E-state index is -0.181. The highest BCUT2D eigenvalue weighted by molar-refractivity contribution is 5.95. The Bertz CT molecular complexity index is 618. The summed E-state index contributed by atoms with van der Waals surface area (Å²) in [4.78, 5) is 12.4. The van der Waals surface area contributed by atoms with Crippen molar-refractivity contribution in [3.05, 3.63) is 34.9 Å². The van der Waals surface area contributed by atoms with Gasteiger partial charge in [-0.25, -0.2) is 0 Å². The first-order valence-corrected chi connectivity index (χ1v) is 7.22. The first kappa shape index (κ1) is 15.6. The Morgan fingerprint density at radius 2 is 1.86 bits per heavy atom. The molecule has 0 saturated heterocycles. The zero-order valence-electron chi connectivity index (χ0n) is 13.4. The van der Waals surface area contributed by atoms with Crippen LogP contribution in [0.25, 0.3) is 0 Å². The van der Waals surface area contributed by atoms with Gasteiger partial charge < -0.3 is 10.4 Å². The topological polar surface area (TPSA) is 49.3 Å². The number of aryl methyl sites for hydroxylation is 1. The van der Waals surface area contributed by atoms with E-state index in [1.807, 2.05) is 19.1 Å². The van der Waals surface area contributed by atoms with Gasteiger partial charge in [0.25, 0.3) is 5.91 Å². The molecule has 0 aliphatic heterocycles. The van der Waals surface area contributed by atoms with Crippen molar-refractivity contribution in [1.82, 2.24) is 5.32 Å². The van der Waals surface area contributed by atoms with E-state index in [-0.39, 0.29) is 29.4 Å². The van der Waals surface area contributed by atoms with Crippen LogP contribution in [0.2, 0.25) is 0 Å². The molecular formula is C18H23NO2. The Morgan fingerprint density at radius 1 is 1.24 bits per heavy atom. The Kier molecular flexibility index (Phi) is 3.86. The summed E-state index contributed by atoms with van der Waals surface area (Å²) in [5.41, 5.74) is 2.59. The highest BCUT2D eigenvalue weighted by atomic mass is 16.2. The summed E-state index contributed by atoms with van der Waals surface area (Å²) >= 11 is 0. The van der Waals surface area contributed by atoms with Crippen LogP contribution in [0.1, 0.15) is 49.2 Å². The highest BCUT2D eigenvalue weighted by Crippen LogP contribution is 2.62. The van der Waals surface area contributed by atoms with E-state index in [4.69, 9.17) is 5.11 Å². The summed E-state index contributed by atoms with van der Waals surface area (Å²) in [5, 5.41) is 11.9. The van der Waals surface area contributed by atoms with Crippen LogP contribution >= 0.6 is 0 Å². The lowest BCUT2D eigenvalue weighted by atomic mass is 10.0. The molecule has 0 heterocycles. The number of nitrogens with one attached hydrogen (secondary N) is 1. The standard InChI is InChI=1S/C18H23NO2/c1-12-9-13(7-6-8-20)11-14(10-12)15(21)19-16-17(2,3)18(16,4)5/h9-11,16,20H,8H2,1-5H3,(H,19,21). The Balaban J connectivity index is 2.19. The molecule has 1 aliphatic carbocycles. The van der Waals surface area contributed by atoms with Crippen molar-refractivity contribution in [1.29, 1.82) is 0 Å². The number of amides is 1. The van der Waals surface area contributed by atoms with Gasteiger partial charge in [0.15, 0.2) is 0 Å². The van der Waals surface area contributed by atoms with Gasteiger partial charge in [0.1, 0.15) is 6.61 Å². The average Bonchev–Trinajstić information content (AvgIpc) is 2.78. The molecule has 2 rings (SSSR count). The first-order valence-electron chi connectivity index (χ1n) is 7.22. The van der Waals surface area contributed by atoms with Gasteiger partial charge in [-0.2, -0.15) is 0 Å². The maximum Gasteiger partial charge on any atom is 0.251 e. The summed E-state index contributed by atoms with van der Waals surface area (Å²) < 4.78 is 0. The van der Waals surface area contributed by atoms with E-state index in [1.54, 1.807) is 6.07 Å². The van der Waals surface area contributed by atoms with E-state index in [1.165, 1.54) is 0 Å². The molecule has 1 saturated carbocycles. The lowest BCUT2D eigenvalue weighted by Gasteiger charge is -2.08. The van der Waals surface area contributed by atoms with E-state index in [0.29, 0.717) is 5.56 Å². The molecule has 3 nitrogen and oxygen atoms in total. The molecule has 0 spiro atoms. The van der Waals surface area contributed by atoms with E-state index in [2.05, 4.69) is 44.9 Å². The van der Waals surface area contributed by atoms with Crippen molar-refractivity contribution < 1.29 is 9.90 Å². The summed E-state index contributed by atoms with van der Waals surface area (Å²) in [5.74, 6) is 5.40. The predicted octanol–water partition coefficient (Wildman–Crippen LogP) is 2.50. The first-order chi connectivity index (χ1) is 9.70. The van der Waals surface area contributed by atoms with Crippen LogP contribution in [0.3, 0.4) is 0 Å². The number of rotatable bonds is 2. The SMILES string of the molecule is Cc1cc(C#CCO)cc(C(=O)NC2C(C)(C)C2(C)C)c1. The Morgan fingerprint density at radius 3 is 2.38 bits per heavy atom. The maximum atomic E-state index is 12.4. The third-order valence-corrected chi connectivity index (χ3v) is 4.95. The minimum absolute atomic E-state index is 0.0607. The zero-order chi connectivity index (χ0) is 15.8. The highest BCUT2D eigenvalue weighted by Gasteiger charge is 2.65. The fraction of sp³-hybridized carbons (Fsp3) is 0.500. The number of hydrogen-bond acceptors (Lipinski definition) is 2. The third-order valence-electron chi connectivity index (χ3n) is 4.95. The van der Waals surface area contributed by atoms with Crippen LogP contribution in [-0.2, 0) is 0 Å². The van der Waals surface area contributed by atoms with Gasteiger partial charge in [-0.1, -0.05) is 39.5 Å². The van der Waals surface area contributed by atoms with E-state index >= 15 is 0 Å². The number of aliphatic hydroxyl groups is 1. The molecule has 0 radical (unpaired) electrons. The van der Waals surface area contributed by atoms with Gasteiger partial charge in [0.05, 0.1) is 0 Å². The number of carbonyl (C=O) groups excluding carboxylic acids is 1.